The number of nitrogens with one attached hydrogen (secondary N) is 1. The van der Waals surface area contributed by atoms with Crippen molar-refractivity contribution in [2.45, 2.75) is 39.7 Å². The second-order valence-electron chi connectivity index (χ2n) is 5.39. The van der Waals surface area contributed by atoms with E-state index in [0.717, 1.165) is 25.4 Å². The fraction of sp³-hybridized carbons (Fsp3) is 0.647. The van der Waals surface area contributed by atoms with Crippen molar-refractivity contribution >= 4 is 0 Å². The maximum atomic E-state index is 5.53. The first-order valence-corrected chi connectivity index (χ1v) is 7.70. The molecule has 1 atom stereocenters. The van der Waals surface area contributed by atoms with Crippen molar-refractivity contribution in [3.8, 4) is 5.75 Å². The number of ether oxygens (including phenoxy) is 1. The highest BCUT2D eigenvalue weighted by molar-refractivity contribution is 5.39. The lowest BCUT2D eigenvalue weighted by Gasteiger charge is -2.28. The molecular weight excluding hydrogens is 248 g/mol. The second-order valence-corrected chi connectivity index (χ2v) is 5.39. The molecule has 0 aliphatic rings. The Labute approximate surface area is 124 Å². The molecule has 1 rings (SSSR count). The van der Waals surface area contributed by atoms with Gasteiger partial charge in [0.05, 0.1) is 7.11 Å². The molecule has 20 heavy (non-hydrogen) atoms. The first-order chi connectivity index (χ1) is 9.65. The van der Waals surface area contributed by atoms with Gasteiger partial charge >= 0.3 is 0 Å². The molecule has 0 aliphatic heterocycles. The van der Waals surface area contributed by atoms with Crippen LogP contribution in [0.15, 0.2) is 18.2 Å². The zero-order chi connectivity index (χ0) is 15.0. The summed E-state index contributed by atoms with van der Waals surface area (Å²) < 4.78 is 5.53. The normalized spacial score (nSPS) is 12.7. The van der Waals surface area contributed by atoms with Crippen LogP contribution in [0.5, 0.6) is 5.75 Å². The van der Waals surface area contributed by atoms with Crippen molar-refractivity contribution in [1.82, 2.24) is 10.2 Å². The quantitative estimate of drug-likeness (QED) is 0.749. The van der Waals surface area contributed by atoms with Crippen LogP contribution in [0.3, 0.4) is 0 Å². The Morgan fingerprint density at radius 3 is 2.35 bits per heavy atom. The third kappa shape index (κ3) is 4.80. The summed E-state index contributed by atoms with van der Waals surface area (Å²) in [6, 6.07) is 6.71. The van der Waals surface area contributed by atoms with E-state index in [4.69, 9.17) is 4.74 Å². The number of likely N-dealkylation sites (N-methyl/N-ethyl adjacent to an activating group) is 1. The van der Waals surface area contributed by atoms with Gasteiger partial charge in [0.1, 0.15) is 5.75 Å². The van der Waals surface area contributed by atoms with E-state index in [0.29, 0.717) is 6.04 Å². The number of rotatable bonds is 9. The zero-order valence-corrected chi connectivity index (χ0v) is 13.7. The molecule has 0 saturated carbocycles. The van der Waals surface area contributed by atoms with Crippen molar-refractivity contribution in [1.29, 1.82) is 0 Å². The third-order valence-corrected chi connectivity index (χ3v) is 3.63. The number of hydrogen-bond acceptors (Lipinski definition) is 3. The predicted molar refractivity (Wildman–Crippen MR) is 86.6 cm³/mol. The fourth-order valence-corrected chi connectivity index (χ4v) is 2.66. The molecule has 1 aromatic carbocycles. The molecule has 0 heterocycles. The number of nitrogens with zero attached hydrogens (tertiary/aromatic N) is 1. The number of aryl methyl sites for hydroxylation is 1. The van der Waals surface area contributed by atoms with Gasteiger partial charge in [-0.2, -0.15) is 0 Å². The molecule has 0 saturated heterocycles. The van der Waals surface area contributed by atoms with E-state index >= 15 is 0 Å². The standard InChI is InChI=1S/C17H30N2O/c1-6-10-19(11-7-2)13-16(18-4)15-12-14(3)8-9-17(15)20-5/h8-9,12,16,18H,6-7,10-11,13H2,1-5H3. The molecule has 0 bridgehead atoms. The average Bonchev–Trinajstić information content (AvgIpc) is 2.45. The van der Waals surface area contributed by atoms with Gasteiger partial charge < -0.3 is 15.0 Å². The summed E-state index contributed by atoms with van der Waals surface area (Å²) in [4.78, 5) is 2.53. The molecule has 0 fully saturated rings. The lowest BCUT2D eigenvalue weighted by Crippen LogP contribution is -2.35. The molecule has 1 N–H and O–H groups in total. The molecule has 0 aliphatic carbocycles. The van der Waals surface area contributed by atoms with Gasteiger partial charge in [-0.3, -0.25) is 0 Å². The minimum atomic E-state index is 0.308. The van der Waals surface area contributed by atoms with Crippen molar-refractivity contribution in [3.05, 3.63) is 29.3 Å². The first kappa shape index (κ1) is 17.0. The average molecular weight is 278 g/mol. The molecule has 114 valence electrons. The maximum absolute atomic E-state index is 5.53. The van der Waals surface area contributed by atoms with Crippen LogP contribution in [-0.4, -0.2) is 38.7 Å². The van der Waals surface area contributed by atoms with Crippen LogP contribution in [0.1, 0.15) is 43.9 Å². The third-order valence-electron chi connectivity index (χ3n) is 3.63. The topological polar surface area (TPSA) is 24.5 Å². The lowest BCUT2D eigenvalue weighted by atomic mass is 10.0. The fourth-order valence-electron chi connectivity index (χ4n) is 2.66. The SMILES string of the molecule is CCCN(CCC)CC(NC)c1cc(C)ccc1OC. The predicted octanol–water partition coefficient (Wildman–Crippen LogP) is 3.39. The smallest absolute Gasteiger partial charge is 0.123 e. The highest BCUT2D eigenvalue weighted by atomic mass is 16.5. The molecule has 3 heteroatoms. The van der Waals surface area contributed by atoms with Crippen LogP contribution >= 0.6 is 0 Å². The van der Waals surface area contributed by atoms with Gasteiger partial charge in [0, 0.05) is 18.2 Å². The zero-order valence-electron chi connectivity index (χ0n) is 13.7. The highest BCUT2D eigenvalue weighted by Gasteiger charge is 2.17. The minimum Gasteiger partial charge on any atom is -0.496 e. The highest BCUT2D eigenvalue weighted by Crippen LogP contribution is 2.27. The summed E-state index contributed by atoms with van der Waals surface area (Å²) in [7, 11) is 3.78. The van der Waals surface area contributed by atoms with E-state index in [1.165, 1.54) is 24.0 Å². The summed E-state index contributed by atoms with van der Waals surface area (Å²) in [6.07, 6.45) is 2.39. The maximum Gasteiger partial charge on any atom is 0.123 e. The van der Waals surface area contributed by atoms with Crippen LogP contribution in [0.4, 0.5) is 0 Å². The Kier molecular flexibility index (Phi) is 7.63. The molecule has 3 nitrogen and oxygen atoms in total. The van der Waals surface area contributed by atoms with E-state index in [9.17, 15) is 0 Å². The molecule has 1 aromatic rings. The van der Waals surface area contributed by atoms with Gasteiger partial charge in [0.15, 0.2) is 0 Å². The Hall–Kier alpha value is -1.06. The molecule has 0 radical (unpaired) electrons. The van der Waals surface area contributed by atoms with E-state index in [1.54, 1.807) is 7.11 Å². The molecule has 0 aromatic heterocycles. The number of benzene rings is 1. The number of hydrogen-bond donors (Lipinski definition) is 1. The van der Waals surface area contributed by atoms with Crippen molar-refractivity contribution in [2.24, 2.45) is 0 Å². The van der Waals surface area contributed by atoms with Gasteiger partial charge in [-0.1, -0.05) is 31.5 Å². The first-order valence-electron chi connectivity index (χ1n) is 7.70. The van der Waals surface area contributed by atoms with Crippen LogP contribution < -0.4 is 10.1 Å². The summed E-state index contributed by atoms with van der Waals surface area (Å²) in [5.41, 5.74) is 2.53. The van der Waals surface area contributed by atoms with Gasteiger partial charge in [-0.25, -0.2) is 0 Å². The van der Waals surface area contributed by atoms with Gasteiger partial charge in [-0.15, -0.1) is 0 Å². The van der Waals surface area contributed by atoms with Crippen LogP contribution in [0.2, 0.25) is 0 Å². The second kappa shape index (κ2) is 8.98. The largest absolute Gasteiger partial charge is 0.496 e. The van der Waals surface area contributed by atoms with E-state index < -0.39 is 0 Å². The molecule has 0 spiro atoms. The Balaban J connectivity index is 2.91. The Morgan fingerprint density at radius 2 is 1.85 bits per heavy atom. The van der Waals surface area contributed by atoms with Gasteiger partial charge in [0.25, 0.3) is 0 Å². The summed E-state index contributed by atoms with van der Waals surface area (Å²) in [5, 5.41) is 3.45. The van der Waals surface area contributed by atoms with Crippen LogP contribution in [0, 0.1) is 6.92 Å². The van der Waals surface area contributed by atoms with Crippen molar-refractivity contribution < 1.29 is 4.74 Å². The van der Waals surface area contributed by atoms with Crippen LogP contribution in [-0.2, 0) is 0 Å². The lowest BCUT2D eigenvalue weighted by molar-refractivity contribution is 0.245. The van der Waals surface area contributed by atoms with E-state index in [1.807, 2.05) is 7.05 Å². The molecule has 0 amide bonds. The number of methoxy groups -OCH3 is 1. The van der Waals surface area contributed by atoms with E-state index in [2.05, 4.69) is 49.2 Å². The molecule has 1 unspecified atom stereocenters. The van der Waals surface area contributed by atoms with Gasteiger partial charge in [-0.05, 0) is 46.0 Å². The van der Waals surface area contributed by atoms with Crippen LogP contribution in [0.25, 0.3) is 0 Å². The monoisotopic (exact) mass is 278 g/mol. The van der Waals surface area contributed by atoms with E-state index in [-0.39, 0.29) is 0 Å². The Bertz CT molecular complexity index is 387. The van der Waals surface area contributed by atoms with Gasteiger partial charge in [0.2, 0.25) is 0 Å². The Morgan fingerprint density at radius 1 is 1.20 bits per heavy atom. The minimum absolute atomic E-state index is 0.308. The van der Waals surface area contributed by atoms with Crippen molar-refractivity contribution in [2.75, 3.05) is 33.8 Å². The summed E-state index contributed by atoms with van der Waals surface area (Å²) >= 11 is 0. The molecular formula is C17H30N2O. The summed E-state index contributed by atoms with van der Waals surface area (Å²) in [6.45, 7) is 9.94. The summed E-state index contributed by atoms with van der Waals surface area (Å²) in [5.74, 6) is 0.975. The van der Waals surface area contributed by atoms with Crippen molar-refractivity contribution in [3.63, 3.8) is 0 Å².